The largest absolute Gasteiger partial charge is 0.491 e. The summed E-state index contributed by atoms with van der Waals surface area (Å²) in [5, 5.41) is 13.3. The van der Waals surface area contributed by atoms with Crippen molar-refractivity contribution in [3.05, 3.63) is 28.7 Å². The number of ether oxygens (including phenoxy) is 1. The van der Waals surface area contributed by atoms with Gasteiger partial charge in [-0.1, -0.05) is 35.7 Å². The molecule has 0 bridgehead atoms. The van der Waals surface area contributed by atoms with Crippen molar-refractivity contribution in [1.29, 1.82) is 0 Å². The van der Waals surface area contributed by atoms with E-state index in [1.54, 1.807) is 0 Å². The number of hydrogen-bond donors (Lipinski definition) is 2. The molecular formula is C17H26BrNO2. The fourth-order valence-electron chi connectivity index (χ4n) is 2.77. The minimum atomic E-state index is -0.462. The molecule has 0 saturated heterocycles. The van der Waals surface area contributed by atoms with Gasteiger partial charge in [-0.05, 0) is 55.5 Å². The maximum Gasteiger partial charge on any atom is 0.119 e. The van der Waals surface area contributed by atoms with Gasteiger partial charge in [0.1, 0.15) is 18.5 Å². The van der Waals surface area contributed by atoms with Gasteiger partial charge in [0.15, 0.2) is 0 Å². The van der Waals surface area contributed by atoms with E-state index < -0.39 is 6.10 Å². The van der Waals surface area contributed by atoms with Crippen LogP contribution in [0.2, 0.25) is 0 Å². The summed E-state index contributed by atoms with van der Waals surface area (Å²) in [5.41, 5.74) is 0. The van der Waals surface area contributed by atoms with Crippen molar-refractivity contribution in [2.24, 2.45) is 11.8 Å². The van der Waals surface area contributed by atoms with E-state index in [9.17, 15) is 5.11 Å². The lowest BCUT2D eigenvalue weighted by Crippen LogP contribution is -2.35. The zero-order valence-corrected chi connectivity index (χ0v) is 14.3. The second kappa shape index (κ2) is 8.76. The zero-order chi connectivity index (χ0) is 15.1. The van der Waals surface area contributed by atoms with E-state index in [0.29, 0.717) is 13.2 Å². The molecule has 0 aliphatic heterocycles. The van der Waals surface area contributed by atoms with Gasteiger partial charge in [0.2, 0.25) is 0 Å². The lowest BCUT2D eigenvalue weighted by Gasteiger charge is -2.26. The Morgan fingerprint density at radius 1 is 1.24 bits per heavy atom. The van der Waals surface area contributed by atoms with E-state index in [1.165, 1.54) is 25.7 Å². The third-order valence-electron chi connectivity index (χ3n) is 4.20. The Balaban J connectivity index is 1.57. The average Bonchev–Trinajstić information content (AvgIpc) is 2.49. The van der Waals surface area contributed by atoms with E-state index >= 15 is 0 Å². The highest BCUT2D eigenvalue weighted by atomic mass is 79.9. The SMILES string of the molecule is CC1CCC(CNCC(O)COc2ccc(Br)cc2)CC1. The van der Waals surface area contributed by atoms with Crippen LogP contribution in [0.3, 0.4) is 0 Å². The summed E-state index contributed by atoms with van der Waals surface area (Å²) < 4.78 is 6.60. The van der Waals surface area contributed by atoms with Crippen LogP contribution < -0.4 is 10.1 Å². The highest BCUT2D eigenvalue weighted by molar-refractivity contribution is 9.10. The molecule has 1 aliphatic rings. The van der Waals surface area contributed by atoms with Gasteiger partial charge in [-0.25, -0.2) is 0 Å². The Hall–Kier alpha value is -0.580. The lowest BCUT2D eigenvalue weighted by molar-refractivity contribution is 0.104. The number of aliphatic hydroxyl groups excluding tert-OH is 1. The van der Waals surface area contributed by atoms with Crippen LogP contribution in [-0.4, -0.2) is 30.9 Å². The molecule has 1 aromatic carbocycles. The summed E-state index contributed by atoms with van der Waals surface area (Å²) >= 11 is 3.39. The Morgan fingerprint density at radius 2 is 1.90 bits per heavy atom. The molecule has 1 aromatic rings. The standard InChI is InChI=1S/C17H26BrNO2/c1-13-2-4-14(5-3-13)10-19-11-16(20)12-21-17-8-6-15(18)7-9-17/h6-9,13-14,16,19-20H,2-5,10-12H2,1H3. The Labute approximate surface area is 136 Å². The first kappa shape index (κ1) is 16.8. The first-order valence-electron chi connectivity index (χ1n) is 7.90. The van der Waals surface area contributed by atoms with Crippen LogP contribution in [0.4, 0.5) is 0 Å². The van der Waals surface area contributed by atoms with Crippen LogP contribution in [0.25, 0.3) is 0 Å². The molecule has 0 aromatic heterocycles. The number of halogens is 1. The van der Waals surface area contributed by atoms with E-state index in [0.717, 1.165) is 28.6 Å². The molecule has 1 atom stereocenters. The molecule has 3 nitrogen and oxygen atoms in total. The van der Waals surface area contributed by atoms with Crippen molar-refractivity contribution in [2.75, 3.05) is 19.7 Å². The van der Waals surface area contributed by atoms with E-state index in [4.69, 9.17) is 4.74 Å². The van der Waals surface area contributed by atoms with Crippen LogP contribution in [0.15, 0.2) is 28.7 Å². The van der Waals surface area contributed by atoms with Gasteiger partial charge in [0.25, 0.3) is 0 Å². The fraction of sp³-hybridized carbons (Fsp3) is 0.647. The van der Waals surface area contributed by atoms with E-state index in [-0.39, 0.29) is 0 Å². The molecule has 1 aliphatic carbocycles. The molecule has 1 fully saturated rings. The van der Waals surface area contributed by atoms with Crippen molar-refractivity contribution in [2.45, 2.75) is 38.7 Å². The van der Waals surface area contributed by atoms with Crippen LogP contribution in [0.1, 0.15) is 32.6 Å². The molecular weight excluding hydrogens is 330 g/mol. The predicted octanol–water partition coefficient (Wildman–Crippen LogP) is 3.60. The van der Waals surface area contributed by atoms with Crippen molar-refractivity contribution < 1.29 is 9.84 Å². The molecule has 4 heteroatoms. The number of nitrogens with one attached hydrogen (secondary N) is 1. The maximum absolute atomic E-state index is 9.94. The second-order valence-electron chi connectivity index (χ2n) is 6.20. The van der Waals surface area contributed by atoms with Crippen molar-refractivity contribution >= 4 is 15.9 Å². The van der Waals surface area contributed by atoms with Crippen LogP contribution in [0.5, 0.6) is 5.75 Å². The van der Waals surface area contributed by atoms with Crippen molar-refractivity contribution in [3.63, 3.8) is 0 Å². The monoisotopic (exact) mass is 355 g/mol. The summed E-state index contributed by atoms with van der Waals surface area (Å²) in [5.74, 6) is 2.46. The van der Waals surface area contributed by atoms with Gasteiger partial charge in [-0.15, -0.1) is 0 Å². The topological polar surface area (TPSA) is 41.5 Å². The fourth-order valence-corrected chi connectivity index (χ4v) is 3.03. The normalized spacial score (nSPS) is 23.8. The number of rotatable bonds is 7. The van der Waals surface area contributed by atoms with Gasteiger partial charge in [0.05, 0.1) is 0 Å². The molecule has 0 radical (unpaired) electrons. The lowest BCUT2D eigenvalue weighted by atomic mass is 9.83. The predicted molar refractivity (Wildman–Crippen MR) is 89.6 cm³/mol. The summed E-state index contributed by atoms with van der Waals surface area (Å²) in [6.45, 7) is 4.29. The molecule has 1 unspecified atom stereocenters. The van der Waals surface area contributed by atoms with Crippen molar-refractivity contribution in [3.8, 4) is 5.75 Å². The van der Waals surface area contributed by atoms with Gasteiger partial charge >= 0.3 is 0 Å². The molecule has 2 N–H and O–H groups in total. The summed E-state index contributed by atoms with van der Waals surface area (Å²) in [7, 11) is 0. The Morgan fingerprint density at radius 3 is 2.57 bits per heavy atom. The smallest absolute Gasteiger partial charge is 0.119 e. The third-order valence-corrected chi connectivity index (χ3v) is 4.73. The Kier molecular flexibility index (Phi) is 7.00. The molecule has 1 saturated carbocycles. The third kappa shape index (κ3) is 6.37. The molecule has 118 valence electrons. The van der Waals surface area contributed by atoms with Crippen LogP contribution in [-0.2, 0) is 0 Å². The van der Waals surface area contributed by atoms with Crippen LogP contribution >= 0.6 is 15.9 Å². The van der Waals surface area contributed by atoms with E-state index in [2.05, 4.69) is 28.2 Å². The summed E-state index contributed by atoms with van der Waals surface area (Å²) in [4.78, 5) is 0. The molecule has 21 heavy (non-hydrogen) atoms. The van der Waals surface area contributed by atoms with Gasteiger partial charge < -0.3 is 15.2 Å². The van der Waals surface area contributed by atoms with Crippen molar-refractivity contribution in [1.82, 2.24) is 5.32 Å². The average molecular weight is 356 g/mol. The Bertz CT molecular complexity index is 402. The maximum atomic E-state index is 9.94. The highest BCUT2D eigenvalue weighted by Gasteiger charge is 2.18. The molecule has 0 heterocycles. The first-order chi connectivity index (χ1) is 10.1. The zero-order valence-electron chi connectivity index (χ0n) is 12.7. The van der Waals surface area contributed by atoms with Crippen LogP contribution in [0, 0.1) is 11.8 Å². The van der Waals surface area contributed by atoms with Gasteiger partial charge in [0, 0.05) is 11.0 Å². The van der Waals surface area contributed by atoms with Gasteiger partial charge in [-0.2, -0.15) is 0 Å². The summed E-state index contributed by atoms with van der Waals surface area (Å²) in [6.07, 6.45) is 4.87. The second-order valence-corrected chi connectivity index (χ2v) is 7.12. The highest BCUT2D eigenvalue weighted by Crippen LogP contribution is 2.27. The number of benzene rings is 1. The molecule has 0 amide bonds. The minimum absolute atomic E-state index is 0.330. The summed E-state index contributed by atoms with van der Waals surface area (Å²) in [6, 6.07) is 7.66. The number of aliphatic hydroxyl groups is 1. The number of hydrogen-bond acceptors (Lipinski definition) is 3. The quantitative estimate of drug-likeness (QED) is 0.784. The van der Waals surface area contributed by atoms with E-state index in [1.807, 2.05) is 24.3 Å². The van der Waals surface area contributed by atoms with Gasteiger partial charge in [-0.3, -0.25) is 0 Å². The minimum Gasteiger partial charge on any atom is -0.491 e. The molecule has 0 spiro atoms. The molecule has 2 rings (SSSR count). The first-order valence-corrected chi connectivity index (χ1v) is 8.70.